The highest BCUT2D eigenvalue weighted by Crippen LogP contribution is 2.58. The van der Waals surface area contributed by atoms with Crippen molar-refractivity contribution >= 4 is 22.6 Å². The third kappa shape index (κ3) is 2.50. The van der Waals surface area contributed by atoms with Gasteiger partial charge in [-0.1, -0.05) is 68.4 Å². The first-order valence-electron chi connectivity index (χ1n) is 11.1. The van der Waals surface area contributed by atoms with E-state index in [9.17, 15) is 14.7 Å². The Morgan fingerprint density at radius 2 is 1.79 bits per heavy atom. The number of rotatable bonds is 3. The van der Waals surface area contributed by atoms with E-state index in [1.807, 2.05) is 26.0 Å². The molecule has 0 saturated carbocycles. The number of carbonyl (C=O) groups excluding carboxylic acids is 2. The zero-order valence-electron chi connectivity index (χ0n) is 18.6. The molecule has 2 aliphatic rings. The van der Waals surface area contributed by atoms with E-state index < -0.39 is 23.0 Å². The summed E-state index contributed by atoms with van der Waals surface area (Å²) in [5.41, 5.74) is 0.992. The first-order valence-corrected chi connectivity index (χ1v) is 11.1. The third-order valence-electron chi connectivity index (χ3n) is 6.81. The van der Waals surface area contributed by atoms with Gasteiger partial charge in [0.25, 0.3) is 11.7 Å². The van der Waals surface area contributed by atoms with Crippen LogP contribution in [0.3, 0.4) is 0 Å². The highest BCUT2D eigenvalue weighted by atomic mass is 16.6. The molecule has 168 valence electrons. The van der Waals surface area contributed by atoms with Crippen LogP contribution in [0.5, 0.6) is 5.75 Å². The maximum Gasteiger partial charge on any atom is 0.271 e. The van der Waals surface area contributed by atoms with Gasteiger partial charge in [0.15, 0.2) is 0 Å². The number of ether oxygens (including phenoxy) is 1. The van der Waals surface area contributed by atoms with Crippen molar-refractivity contribution in [3.63, 3.8) is 0 Å². The van der Waals surface area contributed by atoms with Crippen LogP contribution < -0.4 is 10.1 Å². The number of amides is 1. The van der Waals surface area contributed by atoms with Crippen LogP contribution in [0.25, 0.3) is 10.9 Å². The first-order chi connectivity index (χ1) is 16.4. The fraction of sp³-hybridized carbons (Fsp3) is 0.185. The first kappa shape index (κ1) is 20.5. The largest absolute Gasteiger partial charge is 0.454 e. The Bertz CT molecular complexity index is 1510. The molecule has 2 unspecified atom stereocenters. The van der Waals surface area contributed by atoms with E-state index in [0.29, 0.717) is 33.3 Å². The fourth-order valence-corrected chi connectivity index (χ4v) is 5.06. The van der Waals surface area contributed by atoms with Gasteiger partial charge >= 0.3 is 0 Å². The smallest absolute Gasteiger partial charge is 0.271 e. The number of nitrogens with zero attached hydrogens (tertiary/aromatic N) is 2. The van der Waals surface area contributed by atoms with Gasteiger partial charge in [0.05, 0.1) is 17.3 Å². The number of carbonyl (C=O) groups is 2. The van der Waals surface area contributed by atoms with Crippen LogP contribution in [-0.2, 0) is 11.3 Å². The van der Waals surface area contributed by atoms with Gasteiger partial charge in [-0.2, -0.15) is 10.2 Å². The molecule has 2 heterocycles. The molecule has 2 N–H and O–H groups in total. The second kappa shape index (κ2) is 6.95. The fourth-order valence-electron chi connectivity index (χ4n) is 5.06. The van der Waals surface area contributed by atoms with Gasteiger partial charge < -0.3 is 15.2 Å². The Morgan fingerprint density at radius 3 is 2.62 bits per heavy atom. The summed E-state index contributed by atoms with van der Waals surface area (Å²) in [6.07, 6.45) is 1.36. The lowest BCUT2D eigenvalue weighted by Gasteiger charge is -2.34. The van der Waals surface area contributed by atoms with Crippen molar-refractivity contribution in [3.05, 3.63) is 101 Å². The highest BCUT2D eigenvalue weighted by Gasteiger charge is 2.71. The topological polar surface area (TPSA) is 101 Å². The lowest BCUT2D eigenvalue weighted by Crippen LogP contribution is -2.60. The molecule has 3 aromatic carbocycles. The molecule has 6 rings (SSSR count). The van der Waals surface area contributed by atoms with Crippen LogP contribution in [0.1, 0.15) is 57.2 Å². The molecular formula is C27H21N3O4. The number of fused-ring (bicyclic) bond motifs is 6. The molecule has 0 spiro atoms. The van der Waals surface area contributed by atoms with E-state index in [-0.39, 0.29) is 11.5 Å². The summed E-state index contributed by atoms with van der Waals surface area (Å²) in [6.45, 7) is 4.09. The number of ketones is 1. The standard InChI is InChI=1S/C27H21N3O4/c1-15(2)16-11-12-21-23(13-16)34-27(33)20-9-5-3-8-18(20)24(31)26(21,27)29-25(32)19-14-28-30-22-10-6-4-7-17(19)22/h3-15,33H,1-2H3,(H,29,32). The second-order valence-electron chi connectivity index (χ2n) is 9.01. The van der Waals surface area contributed by atoms with Crippen molar-refractivity contribution in [3.8, 4) is 5.75 Å². The number of Topliss-reactive ketones (excluding diaryl/α,β-unsaturated/α-hetero) is 1. The Hall–Kier alpha value is -4.10. The Labute approximate surface area is 195 Å². The predicted molar refractivity (Wildman–Crippen MR) is 125 cm³/mol. The maximum absolute atomic E-state index is 13.9. The molecule has 4 aromatic rings. The molecule has 1 aliphatic heterocycles. The van der Waals surface area contributed by atoms with Crippen LogP contribution in [0.2, 0.25) is 0 Å². The summed E-state index contributed by atoms with van der Waals surface area (Å²) in [7, 11) is 0. The number of hydrogen-bond acceptors (Lipinski definition) is 6. The van der Waals surface area contributed by atoms with Gasteiger partial charge in [0.2, 0.25) is 11.3 Å². The van der Waals surface area contributed by atoms with E-state index in [1.165, 1.54) is 6.20 Å². The Morgan fingerprint density at radius 1 is 1.03 bits per heavy atom. The van der Waals surface area contributed by atoms with E-state index in [0.717, 1.165) is 5.56 Å². The van der Waals surface area contributed by atoms with Gasteiger partial charge in [-0.15, -0.1) is 0 Å². The van der Waals surface area contributed by atoms with Crippen molar-refractivity contribution in [2.45, 2.75) is 31.1 Å². The molecule has 1 aliphatic carbocycles. The molecule has 7 heteroatoms. The molecule has 34 heavy (non-hydrogen) atoms. The number of aromatic nitrogens is 2. The lowest BCUT2D eigenvalue weighted by atomic mass is 9.82. The second-order valence-corrected chi connectivity index (χ2v) is 9.01. The van der Waals surface area contributed by atoms with Crippen molar-refractivity contribution in [1.82, 2.24) is 15.5 Å². The molecule has 0 fully saturated rings. The number of nitrogens with one attached hydrogen (secondary N) is 1. The van der Waals surface area contributed by atoms with Crippen molar-refractivity contribution in [2.75, 3.05) is 0 Å². The minimum Gasteiger partial charge on any atom is -0.454 e. The van der Waals surface area contributed by atoms with Gasteiger partial charge in [-0.3, -0.25) is 9.59 Å². The average molecular weight is 451 g/mol. The van der Waals surface area contributed by atoms with Crippen molar-refractivity contribution in [1.29, 1.82) is 0 Å². The van der Waals surface area contributed by atoms with Crippen LogP contribution >= 0.6 is 0 Å². The van der Waals surface area contributed by atoms with Crippen LogP contribution in [0.4, 0.5) is 0 Å². The van der Waals surface area contributed by atoms with E-state index in [2.05, 4.69) is 15.5 Å². The van der Waals surface area contributed by atoms with Gasteiger partial charge in [-0.05, 0) is 23.6 Å². The minimum absolute atomic E-state index is 0.215. The van der Waals surface area contributed by atoms with Crippen molar-refractivity contribution < 1.29 is 19.4 Å². The van der Waals surface area contributed by atoms with E-state index >= 15 is 0 Å². The Kier molecular flexibility index (Phi) is 4.19. The highest BCUT2D eigenvalue weighted by molar-refractivity contribution is 6.15. The summed E-state index contributed by atoms with van der Waals surface area (Å²) < 4.78 is 6.13. The monoisotopic (exact) mass is 451 g/mol. The van der Waals surface area contributed by atoms with Crippen LogP contribution in [-0.4, -0.2) is 27.0 Å². The summed E-state index contributed by atoms with van der Waals surface area (Å²) in [5, 5.41) is 23.5. The molecule has 1 aromatic heterocycles. The van der Waals surface area contributed by atoms with Crippen molar-refractivity contribution in [2.24, 2.45) is 0 Å². The average Bonchev–Trinajstić information content (AvgIpc) is 3.20. The molecule has 2 atom stereocenters. The van der Waals surface area contributed by atoms with E-state index in [4.69, 9.17) is 4.74 Å². The predicted octanol–water partition coefficient (Wildman–Crippen LogP) is 3.81. The number of aliphatic hydroxyl groups is 1. The quantitative estimate of drug-likeness (QED) is 0.491. The summed E-state index contributed by atoms with van der Waals surface area (Å²) in [6, 6.07) is 19.3. The van der Waals surface area contributed by atoms with E-state index in [1.54, 1.807) is 54.6 Å². The van der Waals surface area contributed by atoms with Gasteiger partial charge in [0, 0.05) is 22.1 Å². The SMILES string of the molecule is CC(C)c1ccc2c(c1)OC1(O)c3ccccc3C(=O)C21NC(=O)c1cnnc2ccccc12. The summed E-state index contributed by atoms with van der Waals surface area (Å²) in [5.74, 6) is -2.50. The lowest BCUT2D eigenvalue weighted by molar-refractivity contribution is -0.169. The minimum atomic E-state index is -2.09. The zero-order valence-corrected chi connectivity index (χ0v) is 18.6. The Balaban J connectivity index is 1.56. The van der Waals surface area contributed by atoms with Crippen LogP contribution in [0.15, 0.2) is 72.9 Å². The summed E-state index contributed by atoms with van der Waals surface area (Å²) >= 11 is 0. The normalized spacial score (nSPS) is 22.3. The zero-order chi connectivity index (χ0) is 23.7. The molecule has 0 saturated heterocycles. The third-order valence-corrected chi connectivity index (χ3v) is 6.81. The summed E-state index contributed by atoms with van der Waals surface area (Å²) in [4.78, 5) is 27.6. The molecule has 7 nitrogen and oxygen atoms in total. The molecule has 0 bridgehead atoms. The van der Waals surface area contributed by atoms with Crippen LogP contribution in [0, 0.1) is 0 Å². The number of benzene rings is 3. The molecule has 1 amide bonds. The molecule has 0 radical (unpaired) electrons. The van der Waals surface area contributed by atoms with Gasteiger partial charge in [-0.25, -0.2) is 0 Å². The maximum atomic E-state index is 13.9. The van der Waals surface area contributed by atoms with Gasteiger partial charge in [0.1, 0.15) is 5.75 Å². The number of hydrogen-bond donors (Lipinski definition) is 2. The molecular weight excluding hydrogens is 430 g/mol.